The number of hydrogen-bond donors (Lipinski definition) is 2. The molecule has 1 aromatic heterocycles. The van der Waals surface area contributed by atoms with Crippen molar-refractivity contribution in [3.05, 3.63) is 65.9 Å². The second-order valence-corrected chi connectivity index (χ2v) is 8.58. The first-order chi connectivity index (χ1) is 16.4. The molecule has 0 radical (unpaired) electrons. The maximum absolute atomic E-state index is 13.2. The van der Waals surface area contributed by atoms with E-state index in [2.05, 4.69) is 17.8 Å². The Balaban J connectivity index is 1.52. The zero-order valence-corrected chi connectivity index (χ0v) is 19.7. The number of ether oxygens (including phenoxy) is 1. The molecule has 178 valence electrons. The largest absolute Gasteiger partial charge is 0.497 e. The Hall–Kier alpha value is -3.81. The number of hydrogen-bond acceptors (Lipinski definition) is 4. The maximum atomic E-state index is 13.2. The summed E-state index contributed by atoms with van der Waals surface area (Å²) in [4.78, 5) is 40.7. The molecule has 0 aliphatic carbocycles. The number of rotatable bonds is 7. The Labute approximate surface area is 198 Å². The summed E-state index contributed by atoms with van der Waals surface area (Å²) in [6, 6.07) is 14.6. The van der Waals surface area contributed by atoms with Gasteiger partial charge in [-0.25, -0.2) is 0 Å². The summed E-state index contributed by atoms with van der Waals surface area (Å²) in [7, 11) is 3.46. The van der Waals surface area contributed by atoms with E-state index in [0.29, 0.717) is 17.9 Å². The van der Waals surface area contributed by atoms with Gasteiger partial charge in [-0.15, -0.1) is 0 Å². The van der Waals surface area contributed by atoms with E-state index in [9.17, 15) is 14.4 Å². The molecule has 0 spiro atoms. The number of nitrogens with zero attached hydrogens (tertiary/aromatic N) is 2. The molecule has 0 saturated carbocycles. The summed E-state index contributed by atoms with van der Waals surface area (Å²) in [6.45, 7) is 2.65. The van der Waals surface area contributed by atoms with Gasteiger partial charge in [0.1, 0.15) is 5.75 Å². The third-order valence-electron chi connectivity index (χ3n) is 6.42. The summed E-state index contributed by atoms with van der Waals surface area (Å²) >= 11 is 0. The summed E-state index contributed by atoms with van der Waals surface area (Å²) in [5.41, 5.74) is 7.36. The van der Waals surface area contributed by atoms with E-state index in [4.69, 9.17) is 4.74 Å². The number of unbranched alkanes of at least 4 members (excludes halogenated alkanes) is 1. The topological polar surface area (TPSA) is 92.7 Å². The monoisotopic (exact) mass is 462 g/mol. The van der Waals surface area contributed by atoms with Crippen LogP contribution < -0.4 is 15.6 Å². The Morgan fingerprint density at radius 2 is 1.82 bits per heavy atom. The first-order valence-electron chi connectivity index (χ1n) is 11.5. The van der Waals surface area contributed by atoms with Gasteiger partial charge in [0.25, 0.3) is 5.91 Å². The van der Waals surface area contributed by atoms with Crippen LogP contribution in [0.1, 0.15) is 48.1 Å². The minimum Gasteiger partial charge on any atom is -0.497 e. The molecule has 34 heavy (non-hydrogen) atoms. The molecule has 1 aliphatic heterocycles. The molecule has 3 aromatic rings. The average molecular weight is 463 g/mol. The van der Waals surface area contributed by atoms with Gasteiger partial charge in [-0.05, 0) is 30.2 Å². The molecule has 2 atom stereocenters. The van der Waals surface area contributed by atoms with E-state index in [1.165, 1.54) is 0 Å². The standard InChI is InChI=1S/C26H30N4O4/c1-4-5-14-30-23(31)15-20(24(30)17-10-12-18(34-3)13-11-17)25(32)27-28-26(33)21-16-29(2)22-9-7-6-8-19(21)22/h6-13,16,20,24H,4-5,14-15H2,1-3H3,(H,27,32)(H,28,33). The van der Waals surface area contributed by atoms with Crippen molar-refractivity contribution in [2.75, 3.05) is 13.7 Å². The number of aromatic nitrogens is 1. The highest BCUT2D eigenvalue weighted by molar-refractivity contribution is 6.07. The lowest BCUT2D eigenvalue weighted by Gasteiger charge is -2.28. The van der Waals surface area contributed by atoms with Crippen LogP contribution in [0.2, 0.25) is 0 Å². The van der Waals surface area contributed by atoms with Gasteiger partial charge in [-0.2, -0.15) is 0 Å². The molecule has 4 rings (SSSR count). The number of hydrazine groups is 1. The fraction of sp³-hybridized carbons (Fsp3) is 0.346. The third-order valence-corrected chi connectivity index (χ3v) is 6.42. The van der Waals surface area contributed by atoms with Gasteiger partial charge < -0.3 is 14.2 Å². The predicted octanol–water partition coefficient (Wildman–Crippen LogP) is 3.34. The Morgan fingerprint density at radius 1 is 1.09 bits per heavy atom. The summed E-state index contributed by atoms with van der Waals surface area (Å²) in [6.07, 6.45) is 3.62. The van der Waals surface area contributed by atoms with Crippen LogP contribution in [0.25, 0.3) is 10.9 Å². The molecule has 2 unspecified atom stereocenters. The first-order valence-corrected chi connectivity index (χ1v) is 11.5. The smallest absolute Gasteiger partial charge is 0.271 e. The Kier molecular flexibility index (Phi) is 6.86. The van der Waals surface area contributed by atoms with Crippen LogP contribution in [-0.4, -0.2) is 40.8 Å². The van der Waals surface area contributed by atoms with Crippen LogP contribution in [0.5, 0.6) is 5.75 Å². The van der Waals surface area contributed by atoms with Crippen LogP contribution in [0, 0.1) is 5.92 Å². The number of aryl methyl sites for hydroxylation is 1. The quantitative estimate of drug-likeness (QED) is 0.527. The SMILES string of the molecule is CCCCN1C(=O)CC(C(=O)NNC(=O)c2cn(C)c3ccccc23)C1c1ccc(OC)cc1. The average Bonchev–Trinajstić information content (AvgIpc) is 3.38. The van der Waals surface area contributed by atoms with Crippen LogP contribution >= 0.6 is 0 Å². The van der Waals surface area contributed by atoms with Crippen molar-refractivity contribution in [1.29, 1.82) is 0 Å². The van der Waals surface area contributed by atoms with Crippen LogP contribution in [0.15, 0.2) is 54.7 Å². The molecule has 3 amide bonds. The number of amides is 3. The second-order valence-electron chi connectivity index (χ2n) is 8.58. The number of benzene rings is 2. The van der Waals surface area contributed by atoms with Crippen molar-refractivity contribution < 1.29 is 19.1 Å². The zero-order valence-electron chi connectivity index (χ0n) is 19.7. The number of nitrogens with one attached hydrogen (secondary N) is 2. The number of carbonyl (C=O) groups excluding carboxylic acids is 3. The maximum Gasteiger partial charge on any atom is 0.271 e. The molecule has 2 N–H and O–H groups in total. The van der Waals surface area contributed by atoms with Gasteiger partial charge in [-0.1, -0.05) is 43.7 Å². The minimum atomic E-state index is -0.620. The number of likely N-dealkylation sites (tertiary alicyclic amines) is 1. The van der Waals surface area contributed by atoms with Gasteiger partial charge in [0, 0.05) is 37.1 Å². The van der Waals surface area contributed by atoms with Crippen LogP contribution in [0.3, 0.4) is 0 Å². The summed E-state index contributed by atoms with van der Waals surface area (Å²) < 4.78 is 7.12. The lowest BCUT2D eigenvalue weighted by atomic mass is 9.93. The second kappa shape index (κ2) is 9.99. The van der Waals surface area contributed by atoms with Gasteiger partial charge in [0.2, 0.25) is 11.8 Å². The minimum absolute atomic E-state index is 0.0604. The van der Waals surface area contributed by atoms with E-state index in [1.54, 1.807) is 18.2 Å². The highest BCUT2D eigenvalue weighted by Crippen LogP contribution is 2.39. The predicted molar refractivity (Wildman–Crippen MR) is 129 cm³/mol. The van der Waals surface area contributed by atoms with E-state index in [-0.39, 0.29) is 18.2 Å². The van der Waals surface area contributed by atoms with E-state index < -0.39 is 17.9 Å². The first kappa shape index (κ1) is 23.4. The van der Waals surface area contributed by atoms with E-state index >= 15 is 0 Å². The van der Waals surface area contributed by atoms with Crippen LogP contribution in [-0.2, 0) is 16.6 Å². The summed E-state index contributed by atoms with van der Waals surface area (Å²) in [5, 5.41) is 0.801. The highest BCUT2D eigenvalue weighted by atomic mass is 16.5. The van der Waals surface area contributed by atoms with Gasteiger partial charge >= 0.3 is 0 Å². The summed E-state index contributed by atoms with van der Waals surface area (Å²) in [5.74, 6) is -0.767. The van der Waals surface area contributed by atoms with Gasteiger partial charge in [0.05, 0.1) is 24.6 Å². The molecular weight excluding hydrogens is 432 g/mol. The molecule has 8 heteroatoms. The van der Waals surface area contributed by atoms with Crippen molar-refractivity contribution in [2.24, 2.45) is 13.0 Å². The van der Waals surface area contributed by atoms with Gasteiger partial charge in [-0.3, -0.25) is 25.2 Å². The fourth-order valence-electron chi connectivity index (χ4n) is 4.63. The lowest BCUT2D eigenvalue weighted by Crippen LogP contribution is -2.45. The Bertz CT molecular complexity index is 1200. The number of methoxy groups -OCH3 is 1. The molecule has 8 nitrogen and oxygen atoms in total. The molecule has 1 fully saturated rings. The fourth-order valence-corrected chi connectivity index (χ4v) is 4.63. The van der Waals surface area contributed by atoms with E-state index in [1.807, 2.05) is 60.1 Å². The third kappa shape index (κ3) is 4.48. The molecule has 1 saturated heterocycles. The normalized spacial score (nSPS) is 17.7. The van der Waals surface area contributed by atoms with Gasteiger partial charge in [0.15, 0.2) is 0 Å². The molecule has 2 heterocycles. The van der Waals surface area contributed by atoms with E-state index in [0.717, 1.165) is 29.3 Å². The molecular formula is C26H30N4O4. The molecule has 2 aromatic carbocycles. The number of para-hydroxylation sites is 1. The molecule has 1 aliphatic rings. The highest BCUT2D eigenvalue weighted by Gasteiger charge is 2.44. The van der Waals surface area contributed by atoms with Crippen LogP contribution in [0.4, 0.5) is 0 Å². The molecule has 0 bridgehead atoms. The lowest BCUT2D eigenvalue weighted by molar-refractivity contribution is -0.129. The Morgan fingerprint density at radius 3 is 2.53 bits per heavy atom. The number of carbonyl (C=O) groups is 3. The van der Waals surface area contributed by atoms with Crippen molar-refractivity contribution in [3.8, 4) is 5.75 Å². The zero-order chi connectivity index (χ0) is 24.2. The van der Waals surface area contributed by atoms with Crippen molar-refractivity contribution in [1.82, 2.24) is 20.3 Å². The number of fused-ring (bicyclic) bond motifs is 1. The van der Waals surface area contributed by atoms with Crippen molar-refractivity contribution >= 4 is 28.6 Å². The van der Waals surface area contributed by atoms with Crippen molar-refractivity contribution in [2.45, 2.75) is 32.2 Å². The van der Waals surface area contributed by atoms with Crippen molar-refractivity contribution in [3.63, 3.8) is 0 Å².